The van der Waals surface area contributed by atoms with Crippen molar-refractivity contribution >= 4 is 34.6 Å². The molecule has 1 unspecified atom stereocenters. The maximum atomic E-state index is 12.2. The second kappa shape index (κ2) is 9.57. The molecule has 3 heteroatoms. The lowest BCUT2D eigenvalue weighted by molar-refractivity contribution is -0.147. The summed E-state index contributed by atoms with van der Waals surface area (Å²) in [6, 6.07) is 32.0. The van der Waals surface area contributed by atoms with Crippen molar-refractivity contribution in [3.05, 3.63) is 91.0 Å². The average Bonchev–Trinajstić information content (AvgIpc) is 2.76. The van der Waals surface area contributed by atoms with Crippen LogP contribution in [0, 0.1) is 5.92 Å². The van der Waals surface area contributed by atoms with Crippen molar-refractivity contribution < 1.29 is 9.53 Å². The highest BCUT2D eigenvalue weighted by atomic mass is 31.2. The fraction of sp³-hybridized carbons (Fsp3) is 0.200. The Kier molecular flexibility index (Phi) is 6.90. The summed E-state index contributed by atoms with van der Waals surface area (Å²) in [4.78, 5) is 12.2. The van der Waals surface area contributed by atoms with E-state index in [0.717, 1.165) is 0 Å². The van der Waals surface area contributed by atoms with E-state index in [0.29, 0.717) is 13.0 Å². The van der Waals surface area contributed by atoms with Gasteiger partial charge in [0.1, 0.15) is 0 Å². The minimum atomic E-state index is -2.00. The molecule has 0 aliphatic heterocycles. The number of esters is 1. The van der Waals surface area contributed by atoms with Gasteiger partial charge in [-0.15, -0.1) is 0 Å². The van der Waals surface area contributed by atoms with Gasteiger partial charge in [0, 0.05) is 0 Å². The van der Waals surface area contributed by atoms with Crippen molar-refractivity contribution in [1.29, 1.82) is 0 Å². The monoisotopic (exact) mass is 390 g/mol. The Morgan fingerprint density at radius 1 is 0.821 bits per heavy atom. The molecule has 0 radical (unpaired) electrons. The van der Waals surface area contributed by atoms with Crippen molar-refractivity contribution in [2.45, 2.75) is 20.3 Å². The van der Waals surface area contributed by atoms with Gasteiger partial charge in [-0.05, 0) is 36.1 Å². The van der Waals surface area contributed by atoms with Crippen LogP contribution in [0.15, 0.2) is 91.0 Å². The van der Waals surface area contributed by atoms with Crippen molar-refractivity contribution in [3.63, 3.8) is 0 Å². The van der Waals surface area contributed by atoms with E-state index in [1.165, 1.54) is 15.9 Å². The Balaban J connectivity index is 2.22. The van der Waals surface area contributed by atoms with Gasteiger partial charge in [0.2, 0.25) is 0 Å². The van der Waals surface area contributed by atoms with Crippen molar-refractivity contribution in [2.75, 3.05) is 6.61 Å². The highest BCUT2D eigenvalue weighted by molar-refractivity contribution is 7.94. The first-order chi connectivity index (χ1) is 13.7. The van der Waals surface area contributed by atoms with Crippen LogP contribution in [0.4, 0.5) is 0 Å². The van der Waals surface area contributed by atoms with E-state index in [1.54, 1.807) is 0 Å². The summed E-state index contributed by atoms with van der Waals surface area (Å²) in [5.41, 5.74) is 0. The average molecular weight is 390 g/mol. The Bertz CT molecular complexity index is 831. The largest absolute Gasteiger partial charge is 0.466 e. The summed E-state index contributed by atoms with van der Waals surface area (Å²) in [5.74, 6) is 2.08. The molecule has 3 rings (SSSR count). The molecule has 2 nitrogen and oxygen atoms in total. The maximum absolute atomic E-state index is 12.2. The van der Waals surface area contributed by atoms with Gasteiger partial charge in [0.15, 0.2) is 0 Å². The molecule has 0 aromatic heterocycles. The zero-order valence-electron chi connectivity index (χ0n) is 16.5. The fourth-order valence-corrected chi connectivity index (χ4v) is 7.54. The minimum Gasteiger partial charge on any atom is -0.466 e. The summed E-state index contributed by atoms with van der Waals surface area (Å²) in [6.07, 6.45) is 0.672. The third kappa shape index (κ3) is 4.29. The number of hydrogen-bond acceptors (Lipinski definition) is 2. The Hall–Kier alpha value is -2.57. The minimum absolute atomic E-state index is 0.133. The van der Waals surface area contributed by atoms with Gasteiger partial charge in [0.05, 0.1) is 12.5 Å². The van der Waals surface area contributed by atoms with Gasteiger partial charge >= 0.3 is 5.97 Å². The first-order valence-electron chi connectivity index (χ1n) is 9.75. The second-order valence-electron chi connectivity index (χ2n) is 6.80. The molecule has 0 saturated carbocycles. The molecule has 3 aromatic rings. The Morgan fingerprint density at radius 3 is 1.57 bits per heavy atom. The van der Waals surface area contributed by atoms with Crippen LogP contribution in [0.3, 0.4) is 0 Å². The molecule has 1 atom stereocenters. The smallest absolute Gasteiger partial charge is 0.308 e. The number of carbonyl (C=O) groups excluding carboxylic acids is 1. The van der Waals surface area contributed by atoms with Crippen molar-refractivity contribution in [2.24, 2.45) is 5.92 Å². The van der Waals surface area contributed by atoms with E-state index in [2.05, 4.69) is 96.8 Å². The molecule has 0 fully saturated rings. The third-order valence-corrected chi connectivity index (χ3v) is 9.01. The van der Waals surface area contributed by atoms with Gasteiger partial charge < -0.3 is 4.74 Å². The van der Waals surface area contributed by atoms with E-state index in [1.807, 2.05) is 13.8 Å². The molecule has 144 valence electrons. The molecular weight excluding hydrogens is 363 g/mol. The summed E-state index contributed by atoms with van der Waals surface area (Å²) in [7, 11) is 0. The number of carbonyl (C=O) groups is 1. The van der Waals surface area contributed by atoms with Gasteiger partial charge in [-0.2, -0.15) is 0 Å². The number of ether oxygens (including phenoxy) is 1. The molecule has 0 aliphatic rings. The molecule has 0 amide bonds. The number of rotatable bonds is 7. The van der Waals surface area contributed by atoms with Gasteiger partial charge in [0.25, 0.3) is 0 Å². The van der Waals surface area contributed by atoms with Gasteiger partial charge in [-0.3, -0.25) is 4.79 Å². The van der Waals surface area contributed by atoms with E-state index >= 15 is 0 Å². The van der Waals surface area contributed by atoms with Crippen LogP contribution < -0.4 is 15.9 Å². The molecule has 0 N–H and O–H groups in total. The zero-order valence-corrected chi connectivity index (χ0v) is 17.4. The molecule has 3 aromatic carbocycles. The molecule has 0 bridgehead atoms. The van der Waals surface area contributed by atoms with Crippen LogP contribution in [-0.2, 0) is 9.53 Å². The zero-order chi connectivity index (χ0) is 19.8. The summed E-state index contributed by atoms with van der Waals surface area (Å²) in [5, 5.41) is 3.88. The first-order valence-corrected chi connectivity index (χ1v) is 11.6. The number of hydrogen-bond donors (Lipinski definition) is 0. The third-order valence-electron chi connectivity index (χ3n) is 4.91. The van der Waals surface area contributed by atoms with Crippen LogP contribution in [0.25, 0.3) is 0 Å². The maximum Gasteiger partial charge on any atom is 0.308 e. The normalized spacial score (nSPS) is 12.2. The predicted molar refractivity (Wildman–Crippen MR) is 122 cm³/mol. The fourth-order valence-electron chi connectivity index (χ4n) is 3.45. The van der Waals surface area contributed by atoms with Crippen LogP contribution in [-0.4, -0.2) is 18.4 Å². The molecule has 0 saturated heterocycles. The molecule has 0 heterocycles. The molecule has 0 aliphatic carbocycles. The van der Waals surface area contributed by atoms with Crippen LogP contribution in [0.1, 0.15) is 20.3 Å². The summed E-state index contributed by atoms with van der Waals surface area (Å²) < 4.78 is 5.24. The topological polar surface area (TPSA) is 26.3 Å². The van der Waals surface area contributed by atoms with E-state index < -0.39 is 6.89 Å². The Morgan fingerprint density at radius 2 is 1.21 bits per heavy atom. The van der Waals surface area contributed by atoms with Crippen molar-refractivity contribution in [1.82, 2.24) is 0 Å². The van der Waals surface area contributed by atoms with E-state index in [4.69, 9.17) is 4.74 Å². The van der Waals surface area contributed by atoms with Crippen molar-refractivity contribution in [3.8, 4) is 0 Å². The first kappa shape index (κ1) is 20.2. The van der Waals surface area contributed by atoms with E-state index in [9.17, 15) is 4.79 Å². The highest BCUT2D eigenvalue weighted by Gasteiger charge is 2.25. The summed E-state index contributed by atoms with van der Waals surface area (Å²) >= 11 is 0. The summed E-state index contributed by atoms with van der Waals surface area (Å²) in [6.45, 7) is 2.22. The lowest BCUT2D eigenvalue weighted by Crippen LogP contribution is -2.27. The standard InChI is InChI=1S/C25H27O2P/c1-3-27-25(26)21(2)19-20-28(22-13-7-4-8-14-22,23-15-9-5-10-16-23)24-17-11-6-12-18-24/h4-18,20-21H,3,19H2,1-2H3. The van der Waals surface area contributed by atoms with Gasteiger partial charge in [-0.1, -0.05) is 104 Å². The van der Waals surface area contributed by atoms with Crippen LogP contribution in [0.2, 0.25) is 0 Å². The number of benzene rings is 3. The van der Waals surface area contributed by atoms with Crippen LogP contribution in [0.5, 0.6) is 0 Å². The van der Waals surface area contributed by atoms with E-state index in [-0.39, 0.29) is 11.9 Å². The SMILES string of the molecule is CCOC(=O)C(C)CC=P(c1ccccc1)(c1ccccc1)c1ccccc1. The molecule has 0 spiro atoms. The van der Waals surface area contributed by atoms with Gasteiger partial charge in [-0.25, -0.2) is 0 Å². The molecule has 28 heavy (non-hydrogen) atoms. The lowest BCUT2D eigenvalue weighted by atomic mass is 10.1. The predicted octanol–water partition coefficient (Wildman–Crippen LogP) is 4.37. The highest BCUT2D eigenvalue weighted by Crippen LogP contribution is 2.44. The molecular formula is C25H27O2P. The second-order valence-corrected chi connectivity index (χ2v) is 10.2. The van der Waals surface area contributed by atoms with Crippen LogP contribution >= 0.6 is 6.89 Å². The lowest BCUT2D eigenvalue weighted by Gasteiger charge is -2.29. The quantitative estimate of drug-likeness (QED) is 0.442. The Labute approximate surface area is 168 Å².